The summed E-state index contributed by atoms with van der Waals surface area (Å²) >= 11 is 0.935. The van der Waals surface area contributed by atoms with Gasteiger partial charge in [-0.2, -0.15) is 13.2 Å². The number of hydrogen-bond acceptors (Lipinski definition) is 3. The number of nitrogens with one attached hydrogen (secondary N) is 2. The van der Waals surface area contributed by atoms with Crippen molar-refractivity contribution in [3.63, 3.8) is 0 Å². The molecule has 10 heteroatoms. The zero-order valence-electron chi connectivity index (χ0n) is 13.2. The third-order valence-electron chi connectivity index (χ3n) is 2.93. The Kier molecular flexibility index (Phi) is 8.56. The first-order valence-corrected chi connectivity index (χ1v) is 8.04. The van der Waals surface area contributed by atoms with E-state index in [-0.39, 0.29) is 36.3 Å². The molecule has 0 spiro atoms. The second-order valence-electron chi connectivity index (χ2n) is 4.80. The lowest BCUT2D eigenvalue weighted by atomic mass is 10.2. The smallest absolute Gasteiger partial charge is 0.357 e. The van der Waals surface area contributed by atoms with Crippen LogP contribution in [0, 0.1) is 5.82 Å². The first-order chi connectivity index (χ1) is 11.4. The van der Waals surface area contributed by atoms with E-state index in [0.717, 1.165) is 22.3 Å². The van der Waals surface area contributed by atoms with Crippen LogP contribution in [0.3, 0.4) is 0 Å². The predicted octanol–water partition coefficient (Wildman–Crippen LogP) is 4.17. The molecule has 1 aromatic heterocycles. The van der Waals surface area contributed by atoms with Crippen molar-refractivity contribution in [1.29, 1.82) is 0 Å². The predicted molar refractivity (Wildman–Crippen MR) is 101 cm³/mol. The molecule has 0 saturated carbocycles. The van der Waals surface area contributed by atoms with Crippen molar-refractivity contribution < 1.29 is 17.6 Å². The highest BCUT2D eigenvalue weighted by atomic mass is 127. The Hall–Kier alpha value is -1.43. The number of nitrogens with zero attached hydrogens (tertiary/aromatic N) is 2. The fourth-order valence-corrected chi connectivity index (χ4v) is 2.52. The molecule has 1 aromatic carbocycles. The first kappa shape index (κ1) is 21.6. The second-order valence-corrected chi connectivity index (χ2v) is 5.74. The van der Waals surface area contributed by atoms with E-state index in [1.807, 2.05) is 6.92 Å². The first-order valence-electron chi connectivity index (χ1n) is 7.16. The molecule has 0 radical (unpaired) electrons. The number of halogens is 5. The van der Waals surface area contributed by atoms with Gasteiger partial charge in [-0.05, 0) is 24.6 Å². The lowest BCUT2D eigenvalue weighted by Gasteiger charge is -2.10. The van der Waals surface area contributed by atoms with Crippen LogP contribution < -0.4 is 10.6 Å². The van der Waals surface area contributed by atoms with E-state index < -0.39 is 11.9 Å². The highest BCUT2D eigenvalue weighted by Gasteiger charge is 2.33. The maximum Gasteiger partial charge on any atom is 0.434 e. The molecular formula is C15H17F4IN4S. The SMILES string of the molecule is CCNC(=NCc1ccc(F)cc1)NCc1nc(C(F)(F)F)cs1.I. The Labute approximate surface area is 163 Å². The summed E-state index contributed by atoms with van der Waals surface area (Å²) < 4.78 is 50.4. The van der Waals surface area contributed by atoms with E-state index in [9.17, 15) is 17.6 Å². The quantitative estimate of drug-likeness (QED) is 0.288. The Balaban J connectivity index is 0.00000312. The lowest BCUT2D eigenvalue weighted by molar-refractivity contribution is -0.140. The second kappa shape index (κ2) is 9.90. The van der Waals surface area contributed by atoms with Crippen LogP contribution in [0.2, 0.25) is 0 Å². The van der Waals surface area contributed by atoms with Crippen molar-refractivity contribution in [1.82, 2.24) is 15.6 Å². The van der Waals surface area contributed by atoms with Crippen molar-refractivity contribution in [3.05, 3.63) is 51.7 Å². The minimum absolute atomic E-state index is 0. The minimum Gasteiger partial charge on any atom is -0.357 e. The summed E-state index contributed by atoms with van der Waals surface area (Å²) in [4.78, 5) is 7.86. The lowest BCUT2D eigenvalue weighted by Crippen LogP contribution is -2.36. The fraction of sp³-hybridized carbons (Fsp3) is 0.333. The van der Waals surface area contributed by atoms with Crippen molar-refractivity contribution in [3.8, 4) is 0 Å². The number of hydrogen-bond donors (Lipinski definition) is 2. The van der Waals surface area contributed by atoms with E-state index in [1.165, 1.54) is 12.1 Å². The Morgan fingerprint density at radius 1 is 1.20 bits per heavy atom. The van der Waals surface area contributed by atoms with Gasteiger partial charge in [-0.25, -0.2) is 14.4 Å². The molecule has 25 heavy (non-hydrogen) atoms. The van der Waals surface area contributed by atoms with Crippen LogP contribution in [0.1, 0.15) is 23.2 Å². The highest BCUT2D eigenvalue weighted by molar-refractivity contribution is 14.0. The van der Waals surface area contributed by atoms with Gasteiger partial charge in [0.25, 0.3) is 0 Å². The standard InChI is InChI=1S/C15H16F4N4S.HI/c1-2-20-14(21-7-10-3-5-11(16)6-4-10)22-8-13-23-12(9-24-13)15(17,18)19;/h3-6,9H,2,7-8H2,1H3,(H2,20,21,22);1H. The molecule has 0 aliphatic carbocycles. The summed E-state index contributed by atoms with van der Waals surface area (Å²) in [5.74, 6) is 0.127. The Morgan fingerprint density at radius 2 is 1.88 bits per heavy atom. The number of guanidine groups is 1. The van der Waals surface area contributed by atoms with Gasteiger partial charge in [-0.15, -0.1) is 35.3 Å². The molecule has 138 valence electrons. The summed E-state index contributed by atoms with van der Waals surface area (Å²) in [7, 11) is 0. The molecule has 0 aliphatic rings. The summed E-state index contributed by atoms with van der Waals surface area (Å²) in [5, 5.41) is 7.22. The van der Waals surface area contributed by atoms with E-state index in [2.05, 4.69) is 20.6 Å². The van der Waals surface area contributed by atoms with E-state index in [0.29, 0.717) is 24.1 Å². The number of benzene rings is 1. The van der Waals surface area contributed by atoms with Gasteiger partial charge in [0, 0.05) is 11.9 Å². The van der Waals surface area contributed by atoms with E-state index in [4.69, 9.17) is 0 Å². The third kappa shape index (κ3) is 7.14. The maximum atomic E-state index is 12.9. The topological polar surface area (TPSA) is 49.3 Å². The maximum absolute atomic E-state index is 12.9. The largest absolute Gasteiger partial charge is 0.434 e. The number of rotatable bonds is 5. The van der Waals surface area contributed by atoms with Crippen molar-refractivity contribution in [2.24, 2.45) is 4.99 Å². The van der Waals surface area contributed by atoms with Gasteiger partial charge < -0.3 is 10.6 Å². The Bertz CT molecular complexity index is 686. The van der Waals surface area contributed by atoms with Gasteiger partial charge in [0.15, 0.2) is 11.7 Å². The third-order valence-corrected chi connectivity index (χ3v) is 3.78. The number of aromatic nitrogens is 1. The molecule has 0 aliphatic heterocycles. The molecule has 0 atom stereocenters. The number of thiazole rings is 1. The molecule has 1 heterocycles. The zero-order chi connectivity index (χ0) is 17.6. The van der Waals surface area contributed by atoms with Crippen molar-refractivity contribution >= 4 is 41.3 Å². The number of aliphatic imine (C=N–C) groups is 1. The van der Waals surface area contributed by atoms with Gasteiger partial charge in [0.2, 0.25) is 0 Å². The summed E-state index contributed by atoms with van der Waals surface area (Å²) in [6.07, 6.45) is -4.43. The molecule has 0 bridgehead atoms. The minimum atomic E-state index is -4.43. The van der Waals surface area contributed by atoms with Crippen LogP contribution in [0.25, 0.3) is 0 Å². The van der Waals surface area contributed by atoms with E-state index >= 15 is 0 Å². The average Bonchev–Trinajstić information content (AvgIpc) is 3.01. The van der Waals surface area contributed by atoms with Gasteiger partial charge in [0.1, 0.15) is 10.8 Å². The van der Waals surface area contributed by atoms with Crippen LogP contribution in [-0.2, 0) is 19.3 Å². The molecule has 2 aromatic rings. The molecule has 0 saturated heterocycles. The molecule has 0 amide bonds. The van der Waals surface area contributed by atoms with Gasteiger partial charge in [-0.3, -0.25) is 0 Å². The normalized spacial score (nSPS) is 11.8. The highest BCUT2D eigenvalue weighted by Crippen LogP contribution is 2.29. The van der Waals surface area contributed by atoms with Crippen LogP contribution in [0.5, 0.6) is 0 Å². The molecular weight excluding hydrogens is 471 g/mol. The molecule has 0 unspecified atom stereocenters. The molecule has 0 fully saturated rings. The van der Waals surface area contributed by atoms with Gasteiger partial charge in [-0.1, -0.05) is 12.1 Å². The molecule has 2 N–H and O–H groups in total. The number of alkyl halides is 3. The van der Waals surface area contributed by atoms with Crippen LogP contribution >= 0.6 is 35.3 Å². The molecule has 4 nitrogen and oxygen atoms in total. The fourth-order valence-electron chi connectivity index (χ4n) is 1.78. The van der Waals surface area contributed by atoms with E-state index in [1.54, 1.807) is 12.1 Å². The van der Waals surface area contributed by atoms with Crippen LogP contribution in [-0.4, -0.2) is 17.5 Å². The zero-order valence-corrected chi connectivity index (χ0v) is 16.4. The van der Waals surface area contributed by atoms with Crippen LogP contribution in [0.4, 0.5) is 17.6 Å². The summed E-state index contributed by atoms with van der Waals surface area (Å²) in [6, 6.07) is 5.94. The van der Waals surface area contributed by atoms with Gasteiger partial charge >= 0.3 is 6.18 Å². The summed E-state index contributed by atoms with van der Waals surface area (Å²) in [6.45, 7) is 2.93. The Morgan fingerprint density at radius 3 is 2.44 bits per heavy atom. The van der Waals surface area contributed by atoms with Gasteiger partial charge in [0.05, 0.1) is 13.1 Å². The van der Waals surface area contributed by atoms with Crippen molar-refractivity contribution in [2.45, 2.75) is 26.2 Å². The average molecular weight is 488 g/mol. The van der Waals surface area contributed by atoms with Crippen molar-refractivity contribution in [2.75, 3.05) is 6.54 Å². The molecule has 2 rings (SSSR count). The van der Waals surface area contributed by atoms with Crippen LogP contribution in [0.15, 0.2) is 34.6 Å². The monoisotopic (exact) mass is 488 g/mol. The summed E-state index contributed by atoms with van der Waals surface area (Å²) in [5.41, 5.74) is -0.0697.